The van der Waals surface area contributed by atoms with Crippen molar-refractivity contribution in [2.45, 2.75) is 38.3 Å². The molecule has 3 aromatic rings. The zero-order valence-electron chi connectivity index (χ0n) is 14.6. The lowest BCUT2D eigenvalue weighted by molar-refractivity contribution is 0.590. The second-order valence-electron chi connectivity index (χ2n) is 6.69. The average Bonchev–Trinajstić information content (AvgIpc) is 2.96. The van der Waals surface area contributed by atoms with Crippen LogP contribution < -0.4 is 0 Å². The lowest BCUT2D eigenvalue weighted by Crippen LogP contribution is -2.10. The number of benzene rings is 1. The Kier molecular flexibility index (Phi) is 4.74. The summed E-state index contributed by atoms with van der Waals surface area (Å²) >= 11 is 3.24. The second-order valence-corrected chi connectivity index (χ2v) is 8.46. The molecular weight excluding hydrogens is 334 g/mol. The minimum atomic E-state index is 0.164. The van der Waals surface area contributed by atoms with Gasteiger partial charge in [-0.25, -0.2) is 15.0 Å². The Morgan fingerprint density at radius 3 is 2.33 bits per heavy atom. The van der Waals surface area contributed by atoms with Crippen molar-refractivity contribution in [1.82, 2.24) is 15.0 Å². The average molecular weight is 356 g/mol. The van der Waals surface area contributed by atoms with Gasteiger partial charge >= 0.3 is 0 Å². The SMILES string of the molecule is CSc1nccc(-c2sc(-c3ccc(C(C)(C)C)cc3)nc2C)n1. The standard InChI is InChI=1S/C19H21N3S2/c1-12-16(15-10-11-20-18(22-15)23-5)24-17(21-12)13-6-8-14(9-7-13)19(2,3)4/h6-11H,1-5H3. The first kappa shape index (κ1) is 17.1. The molecule has 24 heavy (non-hydrogen) atoms. The molecule has 0 spiro atoms. The fourth-order valence-electron chi connectivity index (χ4n) is 2.44. The molecular formula is C19H21N3S2. The topological polar surface area (TPSA) is 38.7 Å². The Bertz CT molecular complexity index is 846. The third-order valence-corrected chi connectivity index (χ3v) is 5.63. The number of hydrogen-bond donors (Lipinski definition) is 0. The molecule has 124 valence electrons. The third kappa shape index (κ3) is 3.52. The minimum Gasteiger partial charge on any atom is -0.241 e. The van der Waals surface area contributed by atoms with Crippen molar-refractivity contribution in [3.05, 3.63) is 47.8 Å². The number of nitrogens with zero attached hydrogens (tertiary/aromatic N) is 3. The van der Waals surface area contributed by atoms with Crippen LogP contribution in [0.2, 0.25) is 0 Å². The van der Waals surface area contributed by atoms with Gasteiger partial charge in [-0.05, 0) is 30.2 Å². The first-order valence-electron chi connectivity index (χ1n) is 7.84. The van der Waals surface area contributed by atoms with Gasteiger partial charge in [-0.1, -0.05) is 56.8 Å². The van der Waals surface area contributed by atoms with Crippen LogP contribution in [0.4, 0.5) is 0 Å². The molecule has 0 radical (unpaired) electrons. The monoisotopic (exact) mass is 355 g/mol. The molecule has 1 aromatic carbocycles. The van der Waals surface area contributed by atoms with E-state index in [1.165, 1.54) is 5.56 Å². The van der Waals surface area contributed by atoms with E-state index in [2.05, 4.69) is 55.0 Å². The minimum absolute atomic E-state index is 0.164. The van der Waals surface area contributed by atoms with Gasteiger partial charge in [-0.3, -0.25) is 0 Å². The first-order valence-corrected chi connectivity index (χ1v) is 9.88. The molecule has 0 amide bonds. The molecule has 0 aliphatic carbocycles. The van der Waals surface area contributed by atoms with Gasteiger partial charge in [0.05, 0.1) is 16.3 Å². The van der Waals surface area contributed by atoms with Crippen molar-refractivity contribution in [1.29, 1.82) is 0 Å². The fraction of sp³-hybridized carbons (Fsp3) is 0.316. The van der Waals surface area contributed by atoms with Gasteiger partial charge in [-0.15, -0.1) is 11.3 Å². The number of thiazole rings is 1. The van der Waals surface area contributed by atoms with Gasteiger partial charge in [0, 0.05) is 11.8 Å². The number of thioether (sulfide) groups is 1. The van der Waals surface area contributed by atoms with E-state index in [4.69, 9.17) is 4.98 Å². The summed E-state index contributed by atoms with van der Waals surface area (Å²) in [5.74, 6) is 0. The highest BCUT2D eigenvalue weighted by Gasteiger charge is 2.16. The van der Waals surface area contributed by atoms with Crippen LogP contribution in [0.3, 0.4) is 0 Å². The molecule has 2 aromatic heterocycles. The highest BCUT2D eigenvalue weighted by molar-refractivity contribution is 7.98. The van der Waals surface area contributed by atoms with E-state index in [0.717, 1.165) is 32.0 Å². The molecule has 3 nitrogen and oxygen atoms in total. The van der Waals surface area contributed by atoms with Crippen molar-refractivity contribution in [2.24, 2.45) is 0 Å². The quantitative estimate of drug-likeness (QED) is 0.453. The summed E-state index contributed by atoms with van der Waals surface area (Å²) in [6.07, 6.45) is 3.80. The Hall–Kier alpha value is -1.72. The van der Waals surface area contributed by atoms with Gasteiger partial charge in [-0.2, -0.15) is 0 Å². The van der Waals surface area contributed by atoms with Crippen LogP contribution >= 0.6 is 23.1 Å². The van der Waals surface area contributed by atoms with Crippen molar-refractivity contribution in [3.63, 3.8) is 0 Å². The third-order valence-electron chi connectivity index (χ3n) is 3.84. The maximum absolute atomic E-state index is 4.76. The molecule has 0 unspecified atom stereocenters. The summed E-state index contributed by atoms with van der Waals surface area (Å²) in [7, 11) is 0. The first-order chi connectivity index (χ1) is 11.4. The molecule has 5 heteroatoms. The van der Waals surface area contributed by atoms with Crippen molar-refractivity contribution >= 4 is 23.1 Å². The molecule has 0 saturated carbocycles. The molecule has 0 N–H and O–H groups in total. The molecule has 0 atom stereocenters. The van der Waals surface area contributed by atoms with E-state index in [1.54, 1.807) is 23.1 Å². The smallest absolute Gasteiger partial charge is 0.187 e. The number of aromatic nitrogens is 3. The summed E-state index contributed by atoms with van der Waals surface area (Å²) in [5, 5.41) is 1.82. The van der Waals surface area contributed by atoms with E-state index in [0.29, 0.717) is 0 Å². The van der Waals surface area contributed by atoms with Crippen molar-refractivity contribution in [3.8, 4) is 21.1 Å². The Balaban J connectivity index is 1.96. The summed E-state index contributed by atoms with van der Waals surface area (Å²) < 4.78 is 0. The Morgan fingerprint density at radius 1 is 1.00 bits per heavy atom. The highest BCUT2D eigenvalue weighted by Crippen LogP contribution is 2.35. The van der Waals surface area contributed by atoms with Crippen molar-refractivity contribution in [2.75, 3.05) is 6.26 Å². The van der Waals surface area contributed by atoms with Gasteiger partial charge in [0.25, 0.3) is 0 Å². The summed E-state index contributed by atoms with van der Waals surface area (Å²) in [5.41, 5.74) is 4.61. The van der Waals surface area contributed by atoms with Gasteiger partial charge in [0.15, 0.2) is 5.16 Å². The number of aryl methyl sites for hydroxylation is 1. The summed E-state index contributed by atoms with van der Waals surface area (Å²) in [6.45, 7) is 8.73. The molecule has 0 fully saturated rings. The lowest BCUT2D eigenvalue weighted by atomic mass is 9.87. The summed E-state index contributed by atoms with van der Waals surface area (Å²) in [6, 6.07) is 10.7. The Labute approximate surface area is 151 Å². The van der Waals surface area contributed by atoms with Crippen LogP contribution in [0.1, 0.15) is 32.0 Å². The number of rotatable bonds is 3. The summed E-state index contributed by atoms with van der Waals surface area (Å²) in [4.78, 5) is 14.7. The van der Waals surface area contributed by atoms with Crippen LogP contribution in [0, 0.1) is 6.92 Å². The Morgan fingerprint density at radius 2 is 1.71 bits per heavy atom. The van der Waals surface area contributed by atoms with Crippen molar-refractivity contribution < 1.29 is 0 Å². The molecule has 0 bridgehead atoms. The predicted octanol–water partition coefficient (Wildman–Crippen LogP) is 5.59. The highest BCUT2D eigenvalue weighted by atomic mass is 32.2. The molecule has 0 aliphatic heterocycles. The largest absolute Gasteiger partial charge is 0.241 e. The molecule has 0 aliphatic rings. The molecule has 3 rings (SSSR count). The van der Waals surface area contributed by atoms with Gasteiger partial charge in [0.1, 0.15) is 5.01 Å². The van der Waals surface area contributed by atoms with E-state index < -0.39 is 0 Å². The van der Waals surface area contributed by atoms with E-state index in [1.807, 2.05) is 25.4 Å². The maximum atomic E-state index is 4.76. The molecule has 2 heterocycles. The van der Waals surface area contributed by atoms with E-state index in [-0.39, 0.29) is 5.41 Å². The maximum Gasteiger partial charge on any atom is 0.187 e. The molecule has 0 saturated heterocycles. The normalized spacial score (nSPS) is 11.7. The van der Waals surface area contributed by atoms with Crippen LogP contribution in [0.15, 0.2) is 41.7 Å². The fourth-order valence-corrected chi connectivity index (χ4v) is 3.83. The predicted molar refractivity (Wildman–Crippen MR) is 104 cm³/mol. The zero-order valence-corrected chi connectivity index (χ0v) is 16.3. The van der Waals surface area contributed by atoms with Crippen LogP contribution in [-0.4, -0.2) is 21.2 Å². The van der Waals surface area contributed by atoms with Gasteiger partial charge < -0.3 is 0 Å². The van der Waals surface area contributed by atoms with Crippen LogP contribution in [-0.2, 0) is 5.41 Å². The van der Waals surface area contributed by atoms with Crippen LogP contribution in [0.25, 0.3) is 21.1 Å². The number of hydrogen-bond acceptors (Lipinski definition) is 5. The van der Waals surface area contributed by atoms with Gasteiger partial charge in [0.2, 0.25) is 0 Å². The zero-order chi connectivity index (χ0) is 17.3. The van der Waals surface area contributed by atoms with Crippen LogP contribution in [0.5, 0.6) is 0 Å². The second kappa shape index (κ2) is 6.65. The lowest BCUT2D eigenvalue weighted by Gasteiger charge is -2.18. The van der Waals surface area contributed by atoms with E-state index >= 15 is 0 Å². The van der Waals surface area contributed by atoms with E-state index in [9.17, 15) is 0 Å².